The minimum absolute atomic E-state index is 0.0272. The van der Waals surface area contributed by atoms with E-state index in [1.54, 1.807) is 7.05 Å². The summed E-state index contributed by atoms with van der Waals surface area (Å²) in [5, 5.41) is 2.78. The Hall–Kier alpha value is -2.91. The first-order valence-electron chi connectivity index (χ1n) is 10.8. The van der Waals surface area contributed by atoms with Crippen molar-refractivity contribution in [2.75, 3.05) is 51.6 Å². The molecule has 33 heavy (non-hydrogen) atoms. The van der Waals surface area contributed by atoms with E-state index < -0.39 is 11.7 Å². The molecule has 0 bridgehead atoms. The van der Waals surface area contributed by atoms with Gasteiger partial charge in [-0.25, -0.2) is 0 Å². The Morgan fingerprint density at radius 2 is 1.52 bits per heavy atom. The second-order valence-electron chi connectivity index (χ2n) is 8.41. The van der Waals surface area contributed by atoms with Gasteiger partial charge in [-0.3, -0.25) is 19.4 Å². The summed E-state index contributed by atoms with van der Waals surface area (Å²) in [4.78, 5) is 30.3. The normalized spacial score (nSPS) is 15.3. The Labute approximate surface area is 192 Å². The molecule has 1 N–H and O–H groups in total. The first-order chi connectivity index (χ1) is 15.6. The van der Waals surface area contributed by atoms with Crippen molar-refractivity contribution in [1.29, 1.82) is 0 Å². The molecule has 9 heteroatoms. The van der Waals surface area contributed by atoms with Crippen LogP contribution >= 0.6 is 0 Å². The zero-order chi connectivity index (χ0) is 24.0. The van der Waals surface area contributed by atoms with Gasteiger partial charge in [-0.1, -0.05) is 29.8 Å². The van der Waals surface area contributed by atoms with E-state index in [9.17, 15) is 22.8 Å². The van der Waals surface area contributed by atoms with Crippen LogP contribution in [0.3, 0.4) is 0 Å². The Bertz CT molecular complexity index is 938. The summed E-state index contributed by atoms with van der Waals surface area (Å²) in [5.74, 6) is -0.388. The molecule has 2 amide bonds. The van der Waals surface area contributed by atoms with E-state index in [0.717, 1.165) is 23.3 Å². The fourth-order valence-corrected chi connectivity index (χ4v) is 3.62. The Kier molecular flexibility index (Phi) is 8.10. The Balaban J connectivity index is 1.39. The van der Waals surface area contributed by atoms with Crippen LogP contribution in [0, 0.1) is 6.92 Å². The number of carbonyl (C=O) groups is 2. The number of nitrogens with one attached hydrogen (secondary N) is 1. The van der Waals surface area contributed by atoms with Gasteiger partial charge in [0, 0.05) is 45.5 Å². The van der Waals surface area contributed by atoms with Gasteiger partial charge in [-0.2, -0.15) is 13.2 Å². The van der Waals surface area contributed by atoms with Crippen LogP contribution in [-0.2, 0) is 22.3 Å². The van der Waals surface area contributed by atoms with Gasteiger partial charge in [-0.05, 0) is 36.8 Å². The molecule has 0 aromatic heterocycles. The molecule has 1 saturated heterocycles. The number of rotatable bonds is 7. The van der Waals surface area contributed by atoms with Crippen molar-refractivity contribution >= 4 is 17.5 Å². The Morgan fingerprint density at radius 3 is 2.09 bits per heavy atom. The van der Waals surface area contributed by atoms with E-state index in [2.05, 4.69) is 10.2 Å². The SMILES string of the molecule is Cc1ccc(NC(=O)CN(C)C(=O)CN2CCN(Cc3ccc(C(F)(F)F)cc3)CC2)cc1. The summed E-state index contributed by atoms with van der Waals surface area (Å²) in [7, 11) is 1.61. The summed E-state index contributed by atoms with van der Waals surface area (Å²) in [6, 6.07) is 12.7. The maximum absolute atomic E-state index is 12.7. The number of benzene rings is 2. The van der Waals surface area contributed by atoms with Gasteiger partial charge < -0.3 is 10.2 Å². The first kappa shape index (κ1) is 24.7. The minimum Gasteiger partial charge on any atom is -0.335 e. The van der Waals surface area contributed by atoms with Gasteiger partial charge in [0.1, 0.15) is 0 Å². The highest BCUT2D eigenvalue weighted by Crippen LogP contribution is 2.29. The molecule has 0 radical (unpaired) electrons. The quantitative estimate of drug-likeness (QED) is 0.687. The van der Waals surface area contributed by atoms with Crippen LogP contribution in [0.4, 0.5) is 18.9 Å². The molecule has 6 nitrogen and oxygen atoms in total. The number of nitrogens with zero attached hydrogens (tertiary/aromatic N) is 3. The van der Waals surface area contributed by atoms with Gasteiger partial charge in [0.15, 0.2) is 0 Å². The molecule has 1 aliphatic heterocycles. The molecule has 3 rings (SSSR count). The lowest BCUT2D eigenvalue weighted by Crippen LogP contribution is -2.49. The van der Waals surface area contributed by atoms with Crippen LogP contribution in [-0.4, -0.2) is 72.8 Å². The molecule has 0 unspecified atom stereocenters. The predicted octanol–water partition coefficient (Wildman–Crippen LogP) is 3.23. The van der Waals surface area contributed by atoms with Gasteiger partial charge in [0.05, 0.1) is 18.7 Å². The van der Waals surface area contributed by atoms with E-state index in [1.165, 1.54) is 17.0 Å². The number of anilines is 1. The van der Waals surface area contributed by atoms with Crippen LogP contribution in [0.25, 0.3) is 0 Å². The molecule has 178 valence electrons. The average molecular weight is 463 g/mol. The summed E-state index contributed by atoms with van der Waals surface area (Å²) in [5.41, 5.74) is 1.97. The summed E-state index contributed by atoms with van der Waals surface area (Å²) >= 11 is 0. The van der Waals surface area contributed by atoms with Crippen molar-refractivity contribution in [2.45, 2.75) is 19.6 Å². The van der Waals surface area contributed by atoms with Gasteiger partial charge >= 0.3 is 6.18 Å². The number of aryl methyl sites for hydroxylation is 1. The third-order valence-corrected chi connectivity index (χ3v) is 5.65. The fraction of sp³-hybridized carbons (Fsp3) is 0.417. The standard InChI is InChI=1S/C24H29F3N4O2/c1-18-3-9-21(10-4-18)28-22(32)16-29(2)23(33)17-31-13-11-30(12-14-31)15-19-5-7-20(8-6-19)24(25,26)27/h3-10H,11-17H2,1-2H3,(H,28,32). The lowest BCUT2D eigenvalue weighted by molar-refractivity contribution is -0.137. The molecule has 2 aromatic carbocycles. The largest absolute Gasteiger partial charge is 0.416 e. The van der Waals surface area contributed by atoms with Crippen molar-refractivity contribution in [3.05, 3.63) is 65.2 Å². The summed E-state index contributed by atoms with van der Waals surface area (Å²) in [6.07, 6.45) is -4.33. The maximum atomic E-state index is 12.7. The molecule has 1 aliphatic rings. The number of likely N-dealkylation sites (N-methyl/N-ethyl adjacent to an activating group) is 1. The molecular formula is C24H29F3N4O2. The smallest absolute Gasteiger partial charge is 0.335 e. The zero-order valence-corrected chi connectivity index (χ0v) is 18.9. The zero-order valence-electron chi connectivity index (χ0n) is 18.9. The molecule has 0 aliphatic carbocycles. The third-order valence-electron chi connectivity index (χ3n) is 5.65. The van der Waals surface area contributed by atoms with E-state index in [1.807, 2.05) is 36.1 Å². The van der Waals surface area contributed by atoms with Crippen LogP contribution < -0.4 is 5.32 Å². The highest BCUT2D eigenvalue weighted by molar-refractivity contribution is 5.94. The minimum atomic E-state index is -4.33. The van der Waals surface area contributed by atoms with Crippen LogP contribution in [0.15, 0.2) is 48.5 Å². The molecular weight excluding hydrogens is 433 g/mol. The second-order valence-corrected chi connectivity index (χ2v) is 8.41. The summed E-state index contributed by atoms with van der Waals surface area (Å²) < 4.78 is 38.1. The highest BCUT2D eigenvalue weighted by atomic mass is 19.4. The summed E-state index contributed by atoms with van der Waals surface area (Å²) in [6.45, 7) is 5.51. The van der Waals surface area contributed by atoms with Crippen LogP contribution in [0.5, 0.6) is 0 Å². The van der Waals surface area contributed by atoms with Gasteiger partial charge in [0.2, 0.25) is 11.8 Å². The monoisotopic (exact) mass is 462 g/mol. The molecule has 1 heterocycles. The molecule has 0 spiro atoms. The number of carbonyl (C=O) groups excluding carboxylic acids is 2. The predicted molar refractivity (Wildman–Crippen MR) is 121 cm³/mol. The average Bonchev–Trinajstić information content (AvgIpc) is 2.76. The van der Waals surface area contributed by atoms with Crippen molar-refractivity contribution in [1.82, 2.24) is 14.7 Å². The molecule has 0 atom stereocenters. The number of hydrogen-bond acceptors (Lipinski definition) is 4. The number of alkyl halides is 3. The maximum Gasteiger partial charge on any atom is 0.416 e. The Morgan fingerprint density at radius 1 is 0.939 bits per heavy atom. The van der Waals surface area contributed by atoms with Gasteiger partial charge in [-0.15, -0.1) is 0 Å². The van der Waals surface area contributed by atoms with Crippen LogP contribution in [0.2, 0.25) is 0 Å². The molecule has 2 aromatic rings. The fourth-order valence-electron chi connectivity index (χ4n) is 3.62. The lowest BCUT2D eigenvalue weighted by Gasteiger charge is -2.35. The first-order valence-corrected chi connectivity index (χ1v) is 10.8. The van der Waals surface area contributed by atoms with Crippen molar-refractivity contribution < 1.29 is 22.8 Å². The molecule has 1 fully saturated rings. The van der Waals surface area contributed by atoms with Gasteiger partial charge in [0.25, 0.3) is 0 Å². The van der Waals surface area contributed by atoms with Crippen molar-refractivity contribution in [3.63, 3.8) is 0 Å². The lowest BCUT2D eigenvalue weighted by atomic mass is 10.1. The third kappa shape index (κ3) is 7.57. The second kappa shape index (κ2) is 10.8. The topological polar surface area (TPSA) is 55.9 Å². The number of halogens is 3. The van der Waals surface area contributed by atoms with Crippen LogP contribution in [0.1, 0.15) is 16.7 Å². The van der Waals surface area contributed by atoms with Crippen molar-refractivity contribution in [3.8, 4) is 0 Å². The van der Waals surface area contributed by atoms with E-state index in [0.29, 0.717) is 38.4 Å². The van der Waals surface area contributed by atoms with Crippen molar-refractivity contribution in [2.24, 2.45) is 0 Å². The number of amides is 2. The van der Waals surface area contributed by atoms with E-state index >= 15 is 0 Å². The van der Waals surface area contributed by atoms with E-state index in [-0.39, 0.29) is 24.9 Å². The van der Waals surface area contributed by atoms with E-state index in [4.69, 9.17) is 0 Å². The highest BCUT2D eigenvalue weighted by Gasteiger charge is 2.30. The number of hydrogen-bond donors (Lipinski definition) is 1. The number of piperazine rings is 1. The molecule has 0 saturated carbocycles.